The summed E-state index contributed by atoms with van der Waals surface area (Å²) in [5.74, 6) is -0.519. The Balaban J connectivity index is 1.99. The molecule has 3 rings (SSSR count). The summed E-state index contributed by atoms with van der Waals surface area (Å²) in [5, 5.41) is 3.16. The number of carbonyl (C=O) groups excluding carboxylic acids is 1. The molecule has 0 saturated carbocycles. The fraction of sp³-hybridized carbons (Fsp3) is 0.200. The highest BCUT2D eigenvalue weighted by Crippen LogP contribution is 2.28. The normalized spacial score (nSPS) is 13.0. The Kier molecular flexibility index (Phi) is 3.43. The Hall–Kier alpha value is -2.63. The lowest BCUT2D eigenvalue weighted by molar-refractivity contribution is 0.0993. The first-order chi connectivity index (χ1) is 10.1. The maximum Gasteiger partial charge on any atom is 0.267 e. The highest BCUT2D eigenvalue weighted by atomic mass is 19.1. The van der Waals surface area contributed by atoms with Gasteiger partial charge in [0.1, 0.15) is 18.1 Å². The average molecular weight is 287 g/mol. The van der Waals surface area contributed by atoms with Gasteiger partial charge < -0.3 is 15.8 Å². The van der Waals surface area contributed by atoms with E-state index in [1.165, 1.54) is 12.1 Å². The van der Waals surface area contributed by atoms with E-state index in [-0.39, 0.29) is 11.5 Å². The van der Waals surface area contributed by atoms with Gasteiger partial charge in [-0.25, -0.2) is 9.37 Å². The molecule has 1 aliphatic heterocycles. The average Bonchev–Trinajstić information content (AvgIpc) is 2.48. The lowest BCUT2D eigenvalue weighted by atomic mass is 10.0. The molecule has 5 nitrogen and oxygen atoms in total. The van der Waals surface area contributed by atoms with Crippen molar-refractivity contribution in [3.05, 3.63) is 53.0 Å². The van der Waals surface area contributed by atoms with Crippen molar-refractivity contribution in [1.29, 1.82) is 0 Å². The van der Waals surface area contributed by atoms with Gasteiger partial charge in [-0.05, 0) is 35.7 Å². The predicted octanol–water partition coefficient (Wildman–Crippen LogP) is 1.71. The van der Waals surface area contributed by atoms with Gasteiger partial charge in [0.25, 0.3) is 5.91 Å². The Bertz CT molecular complexity index is 686. The summed E-state index contributed by atoms with van der Waals surface area (Å²) in [4.78, 5) is 15.8. The molecule has 0 fully saturated rings. The summed E-state index contributed by atoms with van der Waals surface area (Å²) in [6.07, 6.45) is 0.445. The molecule has 6 heteroatoms. The van der Waals surface area contributed by atoms with Crippen LogP contribution in [0.2, 0.25) is 0 Å². The minimum atomic E-state index is -0.607. The van der Waals surface area contributed by atoms with E-state index in [0.29, 0.717) is 31.0 Å². The predicted molar refractivity (Wildman–Crippen MR) is 75.9 cm³/mol. The maximum absolute atomic E-state index is 12.9. The number of nitrogens with one attached hydrogen (secondary N) is 1. The fourth-order valence-electron chi connectivity index (χ4n) is 2.28. The molecule has 1 aliphatic rings. The maximum atomic E-state index is 12.9. The molecular formula is C15H14FN3O2. The lowest BCUT2D eigenvalue weighted by Gasteiger charge is -2.20. The number of primary amides is 1. The molecule has 1 aromatic heterocycles. The Morgan fingerprint density at radius 1 is 1.38 bits per heavy atom. The lowest BCUT2D eigenvalue weighted by Crippen LogP contribution is -2.23. The second-order valence-electron chi connectivity index (χ2n) is 4.79. The van der Waals surface area contributed by atoms with Gasteiger partial charge in [0, 0.05) is 6.54 Å². The van der Waals surface area contributed by atoms with E-state index >= 15 is 0 Å². The zero-order valence-corrected chi connectivity index (χ0v) is 11.2. The van der Waals surface area contributed by atoms with Crippen molar-refractivity contribution >= 4 is 11.6 Å². The number of ether oxygens (including phenoxy) is 1. The standard InChI is InChI=1S/C15H14FN3O2/c16-11-3-1-9(2-4-11)7-10-8-12-15(21-6-5-18-12)19-13(10)14(17)20/h1-4,8,18H,5-7H2,(H2,17,20). The van der Waals surface area contributed by atoms with Crippen molar-refractivity contribution in [1.82, 2.24) is 4.98 Å². The topological polar surface area (TPSA) is 77.2 Å². The second-order valence-corrected chi connectivity index (χ2v) is 4.79. The second kappa shape index (κ2) is 5.40. The number of carbonyl (C=O) groups is 1. The number of aromatic nitrogens is 1. The van der Waals surface area contributed by atoms with Crippen molar-refractivity contribution in [2.24, 2.45) is 5.73 Å². The van der Waals surface area contributed by atoms with Crippen LogP contribution in [0.25, 0.3) is 0 Å². The minimum Gasteiger partial charge on any atom is -0.474 e. The number of nitrogens with two attached hydrogens (primary N) is 1. The summed E-state index contributed by atoms with van der Waals surface area (Å²) >= 11 is 0. The molecule has 2 heterocycles. The smallest absolute Gasteiger partial charge is 0.267 e. The van der Waals surface area contributed by atoms with E-state index in [2.05, 4.69) is 10.3 Å². The first kappa shape index (κ1) is 13.4. The van der Waals surface area contributed by atoms with Crippen LogP contribution in [0.1, 0.15) is 21.6 Å². The summed E-state index contributed by atoms with van der Waals surface area (Å²) in [6, 6.07) is 7.91. The van der Waals surface area contributed by atoms with Gasteiger partial charge in [0.2, 0.25) is 5.88 Å². The largest absolute Gasteiger partial charge is 0.474 e. The molecule has 21 heavy (non-hydrogen) atoms. The number of anilines is 1. The van der Waals surface area contributed by atoms with Crippen LogP contribution in [0.4, 0.5) is 10.1 Å². The molecule has 1 aromatic carbocycles. The van der Waals surface area contributed by atoms with Crippen LogP contribution in [0, 0.1) is 5.82 Å². The fourth-order valence-corrected chi connectivity index (χ4v) is 2.28. The molecule has 0 spiro atoms. The number of halogens is 1. The van der Waals surface area contributed by atoms with Crippen LogP contribution >= 0.6 is 0 Å². The van der Waals surface area contributed by atoms with Crippen LogP contribution in [0.15, 0.2) is 30.3 Å². The van der Waals surface area contributed by atoms with E-state index in [9.17, 15) is 9.18 Å². The number of hydrogen-bond donors (Lipinski definition) is 2. The summed E-state index contributed by atoms with van der Waals surface area (Å²) in [7, 11) is 0. The first-order valence-corrected chi connectivity index (χ1v) is 6.58. The van der Waals surface area contributed by atoms with Crippen molar-refractivity contribution in [3.63, 3.8) is 0 Å². The SMILES string of the molecule is NC(=O)c1nc2c(cc1Cc1ccc(F)cc1)NCCO2. The van der Waals surface area contributed by atoms with Gasteiger partial charge in [0.15, 0.2) is 0 Å². The number of hydrogen-bond acceptors (Lipinski definition) is 4. The molecule has 2 aromatic rings. The Morgan fingerprint density at radius 3 is 2.86 bits per heavy atom. The Labute approximate surface area is 120 Å². The van der Waals surface area contributed by atoms with Gasteiger partial charge >= 0.3 is 0 Å². The highest BCUT2D eigenvalue weighted by Gasteiger charge is 2.19. The summed E-state index contributed by atoms with van der Waals surface area (Å²) < 4.78 is 18.3. The van der Waals surface area contributed by atoms with Gasteiger partial charge in [0.05, 0.1) is 5.69 Å². The van der Waals surface area contributed by atoms with Crippen LogP contribution < -0.4 is 15.8 Å². The molecule has 0 atom stereocenters. The zero-order valence-electron chi connectivity index (χ0n) is 11.2. The number of rotatable bonds is 3. The quantitative estimate of drug-likeness (QED) is 0.901. The van der Waals surface area contributed by atoms with Gasteiger partial charge in [-0.1, -0.05) is 12.1 Å². The van der Waals surface area contributed by atoms with E-state index in [1.807, 2.05) is 6.07 Å². The van der Waals surface area contributed by atoms with Crippen molar-refractivity contribution in [2.45, 2.75) is 6.42 Å². The van der Waals surface area contributed by atoms with Crippen LogP contribution in [0.3, 0.4) is 0 Å². The molecule has 0 aliphatic carbocycles. The van der Waals surface area contributed by atoms with E-state index in [0.717, 1.165) is 11.3 Å². The first-order valence-electron chi connectivity index (χ1n) is 6.58. The molecule has 0 unspecified atom stereocenters. The number of nitrogens with zero attached hydrogens (tertiary/aromatic N) is 1. The summed E-state index contributed by atoms with van der Waals surface area (Å²) in [5.41, 5.74) is 7.87. The van der Waals surface area contributed by atoms with E-state index in [1.54, 1.807) is 12.1 Å². The van der Waals surface area contributed by atoms with Crippen molar-refractivity contribution in [3.8, 4) is 5.88 Å². The third-order valence-electron chi connectivity index (χ3n) is 3.26. The number of pyridine rings is 1. The Morgan fingerprint density at radius 2 is 2.14 bits per heavy atom. The molecule has 0 bridgehead atoms. The van der Waals surface area contributed by atoms with Gasteiger partial charge in [-0.2, -0.15) is 0 Å². The molecule has 1 amide bonds. The van der Waals surface area contributed by atoms with E-state index < -0.39 is 5.91 Å². The number of benzene rings is 1. The van der Waals surface area contributed by atoms with Gasteiger partial charge in [-0.15, -0.1) is 0 Å². The van der Waals surface area contributed by atoms with E-state index in [4.69, 9.17) is 10.5 Å². The molecular weight excluding hydrogens is 273 g/mol. The molecule has 0 radical (unpaired) electrons. The highest BCUT2D eigenvalue weighted by molar-refractivity contribution is 5.93. The number of fused-ring (bicyclic) bond motifs is 1. The van der Waals surface area contributed by atoms with Crippen LogP contribution in [-0.4, -0.2) is 24.0 Å². The van der Waals surface area contributed by atoms with Crippen LogP contribution in [-0.2, 0) is 6.42 Å². The monoisotopic (exact) mass is 287 g/mol. The molecule has 108 valence electrons. The minimum absolute atomic E-state index is 0.182. The summed E-state index contributed by atoms with van der Waals surface area (Å²) in [6.45, 7) is 1.18. The van der Waals surface area contributed by atoms with Crippen molar-refractivity contribution < 1.29 is 13.9 Å². The number of amides is 1. The third kappa shape index (κ3) is 2.79. The van der Waals surface area contributed by atoms with Gasteiger partial charge in [-0.3, -0.25) is 4.79 Å². The zero-order chi connectivity index (χ0) is 14.8. The van der Waals surface area contributed by atoms with Crippen molar-refractivity contribution in [2.75, 3.05) is 18.5 Å². The molecule has 3 N–H and O–H groups in total. The molecule has 0 saturated heterocycles. The van der Waals surface area contributed by atoms with Crippen LogP contribution in [0.5, 0.6) is 5.88 Å². The third-order valence-corrected chi connectivity index (χ3v) is 3.26.